The number of allylic oxidation sites excluding steroid dienone is 3. The molecule has 2 atom stereocenters. The molecule has 2 heterocycles. The number of H-pyrrole nitrogens is 1. The van der Waals surface area contributed by atoms with Crippen molar-refractivity contribution in [3.63, 3.8) is 0 Å². The molecule has 0 bridgehead atoms. The normalized spacial score (nSPS) is 24.0. The van der Waals surface area contributed by atoms with E-state index in [-0.39, 0.29) is 11.5 Å². The van der Waals surface area contributed by atoms with Gasteiger partial charge in [-0.1, -0.05) is 12.1 Å². The van der Waals surface area contributed by atoms with Crippen LogP contribution in [-0.4, -0.2) is 22.3 Å². The molecule has 2 unspecified atom stereocenters. The van der Waals surface area contributed by atoms with E-state index in [1.54, 1.807) is 6.20 Å². The van der Waals surface area contributed by atoms with E-state index in [0.717, 1.165) is 41.4 Å². The molecule has 2 aliphatic rings. The van der Waals surface area contributed by atoms with Gasteiger partial charge >= 0.3 is 0 Å². The SMILES string of the molecule is CC1=C(N)C(CNc2ccc(-c3ccn[nH]3)cc2)C2CC(C)(C)OC2=C1C. The molecule has 27 heavy (non-hydrogen) atoms. The first-order chi connectivity index (χ1) is 12.9. The summed E-state index contributed by atoms with van der Waals surface area (Å²) in [5.74, 6) is 1.73. The Morgan fingerprint density at radius 3 is 2.59 bits per heavy atom. The number of anilines is 1. The molecular formula is C22H28N4O. The smallest absolute Gasteiger partial charge is 0.104 e. The lowest BCUT2D eigenvalue weighted by molar-refractivity contribution is 0.0750. The van der Waals surface area contributed by atoms with Crippen LogP contribution in [0.15, 0.2) is 59.1 Å². The Morgan fingerprint density at radius 1 is 1.19 bits per heavy atom. The van der Waals surface area contributed by atoms with Gasteiger partial charge in [0.25, 0.3) is 0 Å². The molecule has 142 valence electrons. The molecule has 0 radical (unpaired) electrons. The fourth-order valence-corrected chi connectivity index (χ4v) is 4.28. The van der Waals surface area contributed by atoms with Gasteiger partial charge in [-0.25, -0.2) is 0 Å². The molecule has 4 rings (SSSR count). The predicted molar refractivity (Wildman–Crippen MR) is 109 cm³/mol. The number of nitrogens with two attached hydrogens (primary N) is 1. The summed E-state index contributed by atoms with van der Waals surface area (Å²) < 4.78 is 6.28. The van der Waals surface area contributed by atoms with Gasteiger partial charge in [0, 0.05) is 36.0 Å². The highest BCUT2D eigenvalue weighted by Crippen LogP contribution is 2.48. The van der Waals surface area contributed by atoms with Gasteiger partial charge in [-0.3, -0.25) is 5.10 Å². The highest BCUT2D eigenvalue weighted by Gasteiger charge is 2.45. The first kappa shape index (κ1) is 17.7. The number of benzene rings is 1. The Hall–Kier alpha value is -2.69. The Labute approximate surface area is 160 Å². The zero-order valence-corrected chi connectivity index (χ0v) is 16.5. The van der Waals surface area contributed by atoms with E-state index in [1.807, 2.05) is 6.07 Å². The van der Waals surface area contributed by atoms with Gasteiger partial charge < -0.3 is 15.8 Å². The van der Waals surface area contributed by atoms with E-state index in [2.05, 4.69) is 67.5 Å². The number of aromatic amines is 1. The van der Waals surface area contributed by atoms with Gasteiger partial charge in [0.15, 0.2) is 0 Å². The van der Waals surface area contributed by atoms with Crippen LogP contribution in [0.1, 0.15) is 34.1 Å². The van der Waals surface area contributed by atoms with Crippen LogP contribution in [0.2, 0.25) is 0 Å². The second-order valence-corrected chi connectivity index (χ2v) is 8.28. The summed E-state index contributed by atoms with van der Waals surface area (Å²) in [6.07, 6.45) is 2.76. The van der Waals surface area contributed by atoms with Gasteiger partial charge in [0.1, 0.15) is 11.4 Å². The molecule has 1 aromatic heterocycles. The number of rotatable bonds is 4. The summed E-state index contributed by atoms with van der Waals surface area (Å²) in [6.45, 7) is 9.36. The summed E-state index contributed by atoms with van der Waals surface area (Å²) in [5.41, 5.74) is 13.0. The van der Waals surface area contributed by atoms with Crippen molar-refractivity contribution in [3.05, 3.63) is 59.1 Å². The van der Waals surface area contributed by atoms with Gasteiger partial charge in [-0.2, -0.15) is 5.10 Å². The summed E-state index contributed by atoms with van der Waals surface area (Å²) in [5, 5.41) is 10.6. The number of nitrogens with one attached hydrogen (secondary N) is 2. The van der Waals surface area contributed by atoms with Crippen molar-refractivity contribution in [2.24, 2.45) is 17.6 Å². The van der Waals surface area contributed by atoms with Gasteiger partial charge in [0.05, 0.1) is 5.69 Å². The molecule has 0 saturated carbocycles. The van der Waals surface area contributed by atoms with Crippen LogP contribution in [0, 0.1) is 11.8 Å². The first-order valence-electron chi connectivity index (χ1n) is 9.56. The van der Waals surface area contributed by atoms with E-state index in [0.29, 0.717) is 5.92 Å². The topological polar surface area (TPSA) is 76.0 Å². The van der Waals surface area contributed by atoms with E-state index in [1.165, 1.54) is 11.1 Å². The van der Waals surface area contributed by atoms with Crippen molar-refractivity contribution >= 4 is 5.69 Å². The number of hydrogen-bond acceptors (Lipinski definition) is 4. The average Bonchev–Trinajstić information content (AvgIpc) is 3.28. The Bertz CT molecular complexity index is 891. The largest absolute Gasteiger partial charge is 0.492 e. The number of hydrogen-bond donors (Lipinski definition) is 3. The third kappa shape index (κ3) is 3.22. The molecule has 1 aliphatic carbocycles. The van der Waals surface area contributed by atoms with Crippen LogP contribution >= 0.6 is 0 Å². The minimum absolute atomic E-state index is 0.129. The molecule has 4 N–H and O–H groups in total. The summed E-state index contributed by atoms with van der Waals surface area (Å²) >= 11 is 0. The van der Waals surface area contributed by atoms with Crippen molar-refractivity contribution in [2.75, 3.05) is 11.9 Å². The highest BCUT2D eigenvalue weighted by atomic mass is 16.5. The molecular weight excluding hydrogens is 336 g/mol. The van der Waals surface area contributed by atoms with E-state index < -0.39 is 0 Å². The molecule has 0 spiro atoms. The standard InChI is InChI=1S/C22H28N4O/c1-13-14(2)21-17(11-22(3,4)27-21)18(20(13)23)12-24-16-7-5-15(6-8-16)19-9-10-25-26-19/h5-10,17-18,24H,11-12,23H2,1-4H3,(H,25,26). The lowest BCUT2D eigenvalue weighted by atomic mass is 9.76. The van der Waals surface area contributed by atoms with E-state index >= 15 is 0 Å². The van der Waals surface area contributed by atoms with Gasteiger partial charge in [-0.15, -0.1) is 0 Å². The monoisotopic (exact) mass is 364 g/mol. The van der Waals surface area contributed by atoms with Crippen molar-refractivity contribution in [2.45, 2.75) is 39.7 Å². The molecule has 1 aromatic carbocycles. The zero-order chi connectivity index (χ0) is 19.2. The van der Waals surface area contributed by atoms with Crippen LogP contribution in [0.25, 0.3) is 11.3 Å². The minimum atomic E-state index is -0.129. The quantitative estimate of drug-likeness (QED) is 0.750. The maximum absolute atomic E-state index is 6.55. The van der Waals surface area contributed by atoms with Crippen molar-refractivity contribution < 1.29 is 4.74 Å². The maximum atomic E-state index is 6.55. The third-order valence-electron chi connectivity index (χ3n) is 5.91. The predicted octanol–water partition coefficient (Wildman–Crippen LogP) is 4.44. The lowest BCUT2D eigenvalue weighted by Gasteiger charge is -2.31. The number of fused-ring (bicyclic) bond motifs is 1. The summed E-state index contributed by atoms with van der Waals surface area (Å²) in [4.78, 5) is 0. The van der Waals surface area contributed by atoms with Gasteiger partial charge in [0.2, 0.25) is 0 Å². The fourth-order valence-electron chi connectivity index (χ4n) is 4.28. The molecule has 2 aromatic rings. The van der Waals surface area contributed by atoms with Gasteiger partial charge in [-0.05, 0) is 69.0 Å². The van der Waals surface area contributed by atoms with Crippen LogP contribution < -0.4 is 11.1 Å². The lowest BCUT2D eigenvalue weighted by Crippen LogP contribution is -2.32. The van der Waals surface area contributed by atoms with E-state index in [4.69, 9.17) is 10.5 Å². The molecule has 5 heteroatoms. The Morgan fingerprint density at radius 2 is 1.93 bits per heavy atom. The second-order valence-electron chi connectivity index (χ2n) is 8.28. The minimum Gasteiger partial charge on any atom is -0.492 e. The number of ether oxygens (including phenoxy) is 1. The van der Waals surface area contributed by atoms with E-state index in [9.17, 15) is 0 Å². The molecule has 1 saturated heterocycles. The zero-order valence-electron chi connectivity index (χ0n) is 16.5. The van der Waals surface area contributed by atoms with Crippen molar-refractivity contribution in [1.29, 1.82) is 0 Å². The second kappa shape index (κ2) is 6.48. The Balaban J connectivity index is 1.50. The Kier molecular flexibility index (Phi) is 4.25. The fraction of sp³-hybridized carbons (Fsp3) is 0.409. The molecule has 0 amide bonds. The van der Waals surface area contributed by atoms with Crippen LogP contribution in [0.4, 0.5) is 5.69 Å². The van der Waals surface area contributed by atoms with Crippen LogP contribution in [0.3, 0.4) is 0 Å². The van der Waals surface area contributed by atoms with Crippen molar-refractivity contribution in [3.8, 4) is 11.3 Å². The first-order valence-corrected chi connectivity index (χ1v) is 9.56. The molecule has 1 aliphatic heterocycles. The molecule has 1 fully saturated rings. The third-order valence-corrected chi connectivity index (χ3v) is 5.91. The number of aromatic nitrogens is 2. The highest BCUT2D eigenvalue weighted by molar-refractivity contribution is 5.62. The van der Waals surface area contributed by atoms with Crippen LogP contribution in [-0.2, 0) is 4.74 Å². The number of nitrogens with zero attached hydrogens (tertiary/aromatic N) is 1. The summed E-state index contributed by atoms with van der Waals surface area (Å²) in [6, 6.07) is 10.4. The average molecular weight is 364 g/mol. The van der Waals surface area contributed by atoms with Crippen molar-refractivity contribution in [1.82, 2.24) is 10.2 Å². The maximum Gasteiger partial charge on any atom is 0.104 e. The molecule has 5 nitrogen and oxygen atoms in total. The van der Waals surface area contributed by atoms with Crippen LogP contribution in [0.5, 0.6) is 0 Å². The summed E-state index contributed by atoms with van der Waals surface area (Å²) in [7, 11) is 0.